The van der Waals surface area contributed by atoms with Crippen molar-refractivity contribution in [2.75, 3.05) is 7.05 Å². The maximum absolute atomic E-state index is 10.9. The Morgan fingerprint density at radius 2 is 2.64 bits per heavy atom. The number of aromatic nitrogens is 1. The van der Waals surface area contributed by atoms with Gasteiger partial charge in [0.05, 0.1) is 0 Å². The van der Waals surface area contributed by atoms with Crippen molar-refractivity contribution < 1.29 is 4.79 Å². The zero-order valence-electron chi connectivity index (χ0n) is 5.79. The van der Waals surface area contributed by atoms with E-state index in [2.05, 4.69) is 10.3 Å². The molecule has 0 aliphatic rings. The van der Waals surface area contributed by atoms with Crippen LogP contribution in [0.4, 0.5) is 0 Å². The van der Waals surface area contributed by atoms with Crippen LogP contribution in [-0.4, -0.2) is 17.9 Å². The fourth-order valence-electron chi connectivity index (χ4n) is 0.557. The second-order valence-electron chi connectivity index (χ2n) is 1.73. The zero-order chi connectivity index (χ0) is 8.27. The van der Waals surface area contributed by atoms with Gasteiger partial charge in [-0.2, -0.15) is 5.26 Å². The van der Waals surface area contributed by atoms with Gasteiger partial charge in [0.2, 0.25) is 0 Å². The summed E-state index contributed by atoms with van der Waals surface area (Å²) >= 11 is 1.16. The standard InChI is InChI=1S/C6H5N3OS/c1-8-6(10)4-3-11-5(2-7)9-4/h3H,1H3,(H,8,10). The molecule has 0 aliphatic heterocycles. The molecule has 0 radical (unpaired) electrons. The minimum absolute atomic E-state index is 0.261. The van der Waals surface area contributed by atoms with E-state index in [1.165, 1.54) is 7.05 Å². The van der Waals surface area contributed by atoms with Crippen molar-refractivity contribution in [2.24, 2.45) is 0 Å². The van der Waals surface area contributed by atoms with E-state index < -0.39 is 0 Å². The van der Waals surface area contributed by atoms with Crippen LogP contribution in [0.15, 0.2) is 5.38 Å². The summed E-state index contributed by atoms with van der Waals surface area (Å²) < 4.78 is 0. The second kappa shape index (κ2) is 3.12. The van der Waals surface area contributed by atoms with Gasteiger partial charge in [0, 0.05) is 12.4 Å². The number of nitrogens with one attached hydrogen (secondary N) is 1. The summed E-state index contributed by atoms with van der Waals surface area (Å²) in [6, 6.07) is 1.85. The van der Waals surface area contributed by atoms with Crippen LogP contribution in [0.25, 0.3) is 0 Å². The van der Waals surface area contributed by atoms with E-state index in [4.69, 9.17) is 5.26 Å². The predicted molar refractivity (Wildman–Crippen MR) is 40.2 cm³/mol. The van der Waals surface area contributed by atoms with Crippen molar-refractivity contribution in [1.29, 1.82) is 5.26 Å². The first kappa shape index (κ1) is 7.69. The molecule has 0 aromatic carbocycles. The Morgan fingerprint density at radius 1 is 1.91 bits per heavy atom. The normalized spacial score (nSPS) is 8.73. The predicted octanol–water partition coefficient (Wildman–Crippen LogP) is 0.374. The Morgan fingerprint density at radius 3 is 3.09 bits per heavy atom. The number of thiazole rings is 1. The molecular weight excluding hydrogens is 162 g/mol. The Bertz CT molecular complexity index is 312. The highest BCUT2D eigenvalue weighted by molar-refractivity contribution is 7.10. The van der Waals surface area contributed by atoms with Crippen LogP contribution >= 0.6 is 11.3 Å². The highest BCUT2D eigenvalue weighted by atomic mass is 32.1. The van der Waals surface area contributed by atoms with Crippen LogP contribution in [-0.2, 0) is 0 Å². The maximum atomic E-state index is 10.9. The number of carbonyl (C=O) groups excluding carboxylic acids is 1. The minimum atomic E-state index is -0.261. The van der Waals surface area contributed by atoms with Crippen molar-refractivity contribution in [3.8, 4) is 6.07 Å². The summed E-state index contributed by atoms with van der Waals surface area (Å²) in [5.41, 5.74) is 0.300. The van der Waals surface area contributed by atoms with Crippen LogP contribution in [0.5, 0.6) is 0 Å². The number of hydrogen-bond donors (Lipinski definition) is 1. The van der Waals surface area contributed by atoms with Crippen LogP contribution in [0, 0.1) is 11.3 Å². The fourth-order valence-corrected chi connectivity index (χ4v) is 1.14. The molecule has 0 aliphatic carbocycles. The van der Waals surface area contributed by atoms with E-state index in [1.807, 2.05) is 6.07 Å². The van der Waals surface area contributed by atoms with E-state index in [0.717, 1.165) is 11.3 Å². The van der Waals surface area contributed by atoms with E-state index >= 15 is 0 Å². The van der Waals surface area contributed by atoms with Gasteiger partial charge in [-0.15, -0.1) is 11.3 Å². The van der Waals surface area contributed by atoms with Gasteiger partial charge in [-0.3, -0.25) is 4.79 Å². The Balaban J connectivity index is 2.91. The summed E-state index contributed by atoms with van der Waals surface area (Å²) in [6.45, 7) is 0. The van der Waals surface area contributed by atoms with Gasteiger partial charge in [0.15, 0.2) is 5.01 Å². The molecule has 0 atom stereocenters. The first-order chi connectivity index (χ1) is 5.27. The molecule has 1 amide bonds. The molecule has 1 aromatic rings. The lowest BCUT2D eigenvalue weighted by Crippen LogP contribution is -2.17. The molecule has 0 fully saturated rings. The van der Waals surface area contributed by atoms with Crippen molar-refractivity contribution >= 4 is 17.2 Å². The minimum Gasteiger partial charge on any atom is -0.354 e. The summed E-state index contributed by atoms with van der Waals surface area (Å²) in [5, 5.41) is 12.6. The molecular formula is C6H5N3OS. The number of nitrogens with zero attached hydrogens (tertiary/aromatic N) is 2. The number of nitriles is 1. The van der Waals surface area contributed by atoms with Crippen molar-refractivity contribution in [3.63, 3.8) is 0 Å². The highest BCUT2D eigenvalue weighted by Crippen LogP contribution is 2.07. The third-order valence-corrected chi connectivity index (χ3v) is 1.81. The summed E-state index contributed by atoms with van der Waals surface area (Å²) in [6.07, 6.45) is 0. The average molecular weight is 167 g/mol. The number of amides is 1. The zero-order valence-corrected chi connectivity index (χ0v) is 6.60. The van der Waals surface area contributed by atoms with Crippen molar-refractivity contribution in [1.82, 2.24) is 10.3 Å². The molecule has 5 heteroatoms. The average Bonchev–Trinajstić information content (AvgIpc) is 2.50. The molecule has 11 heavy (non-hydrogen) atoms. The van der Waals surface area contributed by atoms with Gasteiger partial charge in [-0.05, 0) is 0 Å². The number of rotatable bonds is 1. The van der Waals surface area contributed by atoms with Crippen LogP contribution in [0.3, 0.4) is 0 Å². The summed E-state index contributed by atoms with van der Waals surface area (Å²) in [4.78, 5) is 14.6. The lowest BCUT2D eigenvalue weighted by Gasteiger charge is -1.89. The first-order valence-corrected chi connectivity index (χ1v) is 3.73. The third kappa shape index (κ3) is 1.53. The third-order valence-electron chi connectivity index (χ3n) is 1.06. The lowest BCUT2D eigenvalue weighted by atomic mass is 10.5. The molecule has 1 heterocycles. The Kier molecular flexibility index (Phi) is 2.18. The first-order valence-electron chi connectivity index (χ1n) is 2.85. The fraction of sp³-hybridized carbons (Fsp3) is 0.167. The highest BCUT2D eigenvalue weighted by Gasteiger charge is 2.07. The Hall–Kier alpha value is -1.41. The monoisotopic (exact) mass is 167 g/mol. The van der Waals surface area contributed by atoms with Gasteiger partial charge < -0.3 is 5.32 Å². The lowest BCUT2D eigenvalue weighted by molar-refractivity contribution is 0.0959. The molecule has 0 bridgehead atoms. The topological polar surface area (TPSA) is 65.8 Å². The molecule has 1 rings (SSSR count). The largest absolute Gasteiger partial charge is 0.354 e. The molecule has 1 N–H and O–H groups in total. The molecule has 0 saturated heterocycles. The van der Waals surface area contributed by atoms with Gasteiger partial charge >= 0.3 is 0 Å². The quantitative estimate of drug-likeness (QED) is 0.657. The molecule has 4 nitrogen and oxygen atoms in total. The molecule has 56 valence electrons. The van der Waals surface area contributed by atoms with Gasteiger partial charge in [-0.1, -0.05) is 0 Å². The van der Waals surface area contributed by atoms with Gasteiger partial charge in [-0.25, -0.2) is 4.98 Å². The molecule has 0 spiro atoms. The van der Waals surface area contributed by atoms with Crippen LogP contribution in [0.1, 0.15) is 15.5 Å². The molecule has 1 aromatic heterocycles. The van der Waals surface area contributed by atoms with E-state index in [-0.39, 0.29) is 5.91 Å². The van der Waals surface area contributed by atoms with Gasteiger partial charge in [0.25, 0.3) is 5.91 Å². The number of hydrogen-bond acceptors (Lipinski definition) is 4. The SMILES string of the molecule is CNC(=O)c1csc(C#N)n1. The Labute approximate surface area is 67.5 Å². The maximum Gasteiger partial charge on any atom is 0.270 e. The van der Waals surface area contributed by atoms with Gasteiger partial charge in [0.1, 0.15) is 11.8 Å². The van der Waals surface area contributed by atoms with Crippen LogP contribution < -0.4 is 5.32 Å². The van der Waals surface area contributed by atoms with Crippen molar-refractivity contribution in [3.05, 3.63) is 16.1 Å². The summed E-state index contributed by atoms with van der Waals surface area (Å²) in [7, 11) is 1.52. The molecule has 0 unspecified atom stereocenters. The van der Waals surface area contributed by atoms with E-state index in [1.54, 1.807) is 5.38 Å². The smallest absolute Gasteiger partial charge is 0.270 e. The van der Waals surface area contributed by atoms with E-state index in [9.17, 15) is 4.79 Å². The number of carbonyl (C=O) groups is 1. The van der Waals surface area contributed by atoms with Crippen molar-refractivity contribution in [2.45, 2.75) is 0 Å². The second-order valence-corrected chi connectivity index (χ2v) is 2.59. The van der Waals surface area contributed by atoms with E-state index in [0.29, 0.717) is 10.7 Å². The van der Waals surface area contributed by atoms with Crippen LogP contribution in [0.2, 0.25) is 0 Å². The summed E-state index contributed by atoms with van der Waals surface area (Å²) in [5.74, 6) is -0.261. The molecule has 0 saturated carbocycles.